The van der Waals surface area contributed by atoms with Crippen LogP contribution in [0, 0.1) is 0 Å². The molecule has 0 aromatic heterocycles. The molecule has 1 aliphatic rings. The first-order chi connectivity index (χ1) is 12.5. The number of nitrogens with zero attached hydrogens (tertiary/aromatic N) is 2. The predicted octanol–water partition coefficient (Wildman–Crippen LogP) is 3.13. The van der Waals surface area contributed by atoms with Gasteiger partial charge in [-0.05, 0) is 42.7 Å². The Labute approximate surface area is 155 Å². The Morgan fingerprint density at radius 3 is 2.19 bits per heavy atom. The average Bonchev–Trinajstić information content (AvgIpc) is 2.69. The van der Waals surface area contributed by atoms with Crippen LogP contribution in [0.5, 0.6) is 0 Å². The number of hydrogen-bond acceptors (Lipinski definition) is 3. The third-order valence-corrected chi connectivity index (χ3v) is 6.58. The third-order valence-electron chi connectivity index (χ3n) is 4.66. The van der Waals surface area contributed by atoms with Crippen LogP contribution in [0.25, 0.3) is 0 Å². The summed E-state index contributed by atoms with van der Waals surface area (Å²) < 4.78 is 26.9. The fraction of sp³-hybridized carbons (Fsp3) is 0.350. The Bertz CT molecular complexity index is 842. The van der Waals surface area contributed by atoms with E-state index < -0.39 is 10.0 Å². The van der Waals surface area contributed by atoms with Crippen LogP contribution in [0.2, 0.25) is 0 Å². The molecule has 0 atom stereocenters. The van der Waals surface area contributed by atoms with Crippen LogP contribution in [-0.4, -0.2) is 43.7 Å². The van der Waals surface area contributed by atoms with Gasteiger partial charge in [0, 0.05) is 32.2 Å². The summed E-state index contributed by atoms with van der Waals surface area (Å²) in [6, 6.07) is 16.0. The van der Waals surface area contributed by atoms with Crippen molar-refractivity contribution in [3.8, 4) is 0 Å². The molecule has 138 valence electrons. The molecular weight excluding hydrogens is 348 g/mol. The van der Waals surface area contributed by atoms with Crippen LogP contribution in [0.1, 0.15) is 35.2 Å². The van der Waals surface area contributed by atoms with Gasteiger partial charge in [0.15, 0.2) is 0 Å². The lowest BCUT2D eigenvalue weighted by Gasteiger charge is -2.26. The Kier molecular flexibility index (Phi) is 5.74. The molecule has 2 aromatic carbocycles. The molecule has 1 saturated heterocycles. The van der Waals surface area contributed by atoms with Crippen molar-refractivity contribution in [2.24, 2.45) is 0 Å². The quantitative estimate of drug-likeness (QED) is 0.810. The van der Waals surface area contributed by atoms with E-state index in [1.54, 1.807) is 24.1 Å². The number of hydrogen-bond donors (Lipinski definition) is 0. The summed E-state index contributed by atoms with van der Waals surface area (Å²) in [5.41, 5.74) is 1.54. The summed E-state index contributed by atoms with van der Waals surface area (Å²) in [6.07, 6.45) is 2.88. The third kappa shape index (κ3) is 4.14. The first-order valence-corrected chi connectivity index (χ1v) is 10.3. The summed E-state index contributed by atoms with van der Waals surface area (Å²) in [4.78, 5) is 14.5. The Morgan fingerprint density at radius 1 is 0.962 bits per heavy atom. The lowest BCUT2D eigenvalue weighted by molar-refractivity contribution is 0.0785. The van der Waals surface area contributed by atoms with Crippen LogP contribution in [-0.2, 0) is 16.6 Å². The van der Waals surface area contributed by atoms with Gasteiger partial charge in [-0.1, -0.05) is 36.8 Å². The molecule has 1 heterocycles. The summed E-state index contributed by atoms with van der Waals surface area (Å²) in [7, 11) is -1.72. The van der Waals surface area contributed by atoms with Crippen molar-refractivity contribution < 1.29 is 13.2 Å². The molecule has 0 spiro atoms. The first-order valence-electron chi connectivity index (χ1n) is 8.88. The molecule has 0 N–H and O–H groups in total. The largest absolute Gasteiger partial charge is 0.337 e. The second-order valence-corrected chi connectivity index (χ2v) is 8.57. The number of amides is 1. The zero-order chi connectivity index (χ0) is 18.6. The van der Waals surface area contributed by atoms with E-state index in [1.807, 2.05) is 30.3 Å². The summed E-state index contributed by atoms with van der Waals surface area (Å²) in [6.45, 7) is 1.65. The average molecular weight is 372 g/mol. The topological polar surface area (TPSA) is 57.7 Å². The van der Waals surface area contributed by atoms with E-state index in [9.17, 15) is 13.2 Å². The maximum atomic E-state index is 12.7. The Hall–Kier alpha value is -2.18. The van der Waals surface area contributed by atoms with Gasteiger partial charge in [0.25, 0.3) is 5.91 Å². The zero-order valence-electron chi connectivity index (χ0n) is 15.0. The van der Waals surface area contributed by atoms with Crippen molar-refractivity contribution >= 4 is 15.9 Å². The molecule has 1 aliphatic heterocycles. The maximum Gasteiger partial charge on any atom is 0.253 e. The van der Waals surface area contributed by atoms with Gasteiger partial charge in [0.1, 0.15) is 0 Å². The Balaban J connectivity index is 1.71. The minimum atomic E-state index is -3.46. The van der Waals surface area contributed by atoms with E-state index in [0.29, 0.717) is 25.2 Å². The molecule has 0 saturated carbocycles. The summed E-state index contributed by atoms with van der Waals surface area (Å²) in [5.74, 6) is -0.129. The fourth-order valence-electron chi connectivity index (χ4n) is 3.17. The van der Waals surface area contributed by atoms with E-state index in [0.717, 1.165) is 24.8 Å². The number of sulfonamides is 1. The highest BCUT2D eigenvalue weighted by Gasteiger charge is 2.26. The molecule has 0 bridgehead atoms. The smallest absolute Gasteiger partial charge is 0.253 e. The van der Waals surface area contributed by atoms with Gasteiger partial charge >= 0.3 is 0 Å². The monoisotopic (exact) mass is 372 g/mol. The number of rotatable bonds is 5. The molecule has 3 rings (SSSR count). The molecule has 0 radical (unpaired) electrons. The second kappa shape index (κ2) is 8.01. The van der Waals surface area contributed by atoms with E-state index in [4.69, 9.17) is 0 Å². The molecule has 2 aromatic rings. The zero-order valence-corrected chi connectivity index (χ0v) is 15.8. The minimum Gasteiger partial charge on any atom is -0.337 e. The van der Waals surface area contributed by atoms with Crippen molar-refractivity contribution in [3.63, 3.8) is 0 Å². The Morgan fingerprint density at radius 2 is 1.58 bits per heavy atom. The lowest BCUT2D eigenvalue weighted by Crippen LogP contribution is -2.35. The number of carbonyl (C=O) groups excluding carboxylic acids is 1. The normalized spacial score (nSPS) is 15.6. The van der Waals surface area contributed by atoms with Gasteiger partial charge in [-0.15, -0.1) is 0 Å². The minimum absolute atomic E-state index is 0.129. The lowest BCUT2D eigenvalue weighted by atomic mass is 10.1. The molecular formula is C20H24N2O3S. The molecule has 0 unspecified atom stereocenters. The fourth-order valence-corrected chi connectivity index (χ4v) is 4.69. The molecule has 6 heteroatoms. The molecule has 0 aliphatic carbocycles. The highest BCUT2D eigenvalue weighted by Crippen LogP contribution is 2.21. The highest BCUT2D eigenvalue weighted by atomic mass is 32.2. The molecule has 26 heavy (non-hydrogen) atoms. The van der Waals surface area contributed by atoms with E-state index >= 15 is 0 Å². The van der Waals surface area contributed by atoms with Crippen LogP contribution in [0.15, 0.2) is 59.5 Å². The van der Waals surface area contributed by atoms with Crippen molar-refractivity contribution in [1.82, 2.24) is 9.21 Å². The van der Waals surface area contributed by atoms with E-state index in [2.05, 4.69) is 0 Å². The molecule has 1 amide bonds. The van der Waals surface area contributed by atoms with Gasteiger partial charge in [-0.2, -0.15) is 4.31 Å². The van der Waals surface area contributed by atoms with Crippen LogP contribution >= 0.6 is 0 Å². The van der Waals surface area contributed by atoms with Gasteiger partial charge in [-0.3, -0.25) is 4.79 Å². The molecule has 5 nitrogen and oxygen atoms in total. The second-order valence-electron chi connectivity index (χ2n) is 6.64. The maximum absolute atomic E-state index is 12.7. The summed E-state index contributed by atoms with van der Waals surface area (Å²) in [5, 5.41) is 0. The SMILES string of the molecule is CN(Cc1ccccc1)C(=O)c1ccc(S(=O)(=O)N2CCCCC2)cc1. The standard InChI is InChI=1S/C20H24N2O3S/c1-21(16-17-8-4-2-5-9-17)20(23)18-10-12-19(13-11-18)26(24,25)22-14-6-3-7-15-22/h2,4-5,8-13H,3,6-7,14-16H2,1H3. The van der Waals surface area contributed by atoms with Gasteiger partial charge in [-0.25, -0.2) is 8.42 Å². The van der Waals surface area contributed by atoms with Crippen molar-refractivity contribution in [1.29, 1.82) is 0 Å². The van der Waals surface area contributed by atoms with Crippen LogP contribution in [0.4, 0.5) is 0 Å². The molecule has 1 fully saturated rings. The highest BCUT2D eigenvalue weighted by molar-refractivity contribution is 7.89. The van der Waals surface area contributed by atoms with E-state index in [-0.39, 0.29) is 10.8 Å². The van der Waals surface area contributed by atoms with Crippen molar-refractivity contribution in [2.45, 2.75) is 30.7 Å². The van der Waals surface area contributed by atoms with E-state index in [1.165, 1.54) is 16.4 Å². The summed E-state index contributed by atoms with van der Waals surface area (Å²) >= 11 is 0. The van der Waals surface area contributed by atoms with Gasteiger partial charge in [0.2, 0.25) is 10.0 Å². The van der Waals surface area contributed by atoms with Crippen molar-refractivity contribution in [3.05, 3.63) is 65.7 Å². The number of benzene rings is 2. The predicted molar refractivity (Wildman–Crippen MR) is 101 cm³/mol. The first kappa shape index (κ1) is 18.6. The number of carbonyl (C=O) groups is 1. The van der Waals surface area contributed by atoms with Gasteiger partial charge in [0.05, 0.1) is 4.90 Å². The number of piperidine rings is 1. The van der Waals surface area contributed by atoms with Crippen LogP contribution in [0.3, 0.4) is 0 Å². The van der Waals surface area contributed by atoms with Crippen LogP contribution < -0.4 is 0 Å². The van der Waals surface area contributed by atoms with Crippen molar-refractivity contribution in [2.75, 3.05) is 20.1 Å². The van der Waals surface area contributed by atoms with Gasteiger partial charge < -0.3 is 4.90 Å².